The Morgan fingerprint density at radius 2 is 1.86 bits per heavy atom. The summed E-state index contributed by atoms with van der Waals surface area (Å²) in [5.74, 6) is -2.91. The first kappa shape index (κ1) is 12.6. The summed E-state index contributed by atoms with van der Waals surface area (Å²) in [4.78, 5) is 0. The van der Waals surface area contributed by atoms with Crippen molar-refractivity contribution in [3.63, 3.8) is 0 Å². The highest BCUT2D eigenvalue weighted by Crippen LogP contribution is 2.59. The summed E-state index contributed by atoms with van der Waals surface area (Å²) in [7, 11) is 0. The van der Waals surface area contributed by atoms with Crippen molar-refractivity contribution in [1.82, 2.24) is 0 Å². The minimum Gasteiger partial charge on any atom is -0.361 e. The Balaban J connectivity index is 1.93. The zero-order chi connectivity index (χ0) is 15.1. The summed E-state index contributed by atoms with van der Waals surface area (Å²) in [6.07, 6.45) is 1.15. The fourth-order valence-corrected chi connectivity index (χ4v) is 4.07. The summed E-state index contributed by atoms with van der Waals surface area (Å²) in [5.41, 5.74) is 3.01. The molecule has 0 aromatic heterocycles. The average Bonchev–Trinajstić information content (AvgIpc) is 3.10. The number of aliphatic hydroxyl groups is 2. The van der Waals surface area contributed by atoms with Gasteiger partial charge in [0.2, 0.25) is 5.79 Å². The lowest BCUT2D eigenvalue weighted by molar-refractivity contribution is 0.00563. The first-order valence-electron chi connectivity index (χ1n) is 7.63. The lowest BCUT2D eigenvalue weighted by atomic mass is 9.82. The van der Waals surface area contributed by atoms with Gasteiger partial charge in [0.15, 0.2) is 0 Å². The van der Waals surface area contributed by atoms with Crippen LogP contribution in [0.25, 0.3) is 21.5 Å². The Bertz CT molecular complexity index is 962. The van der Waals surface area contributed by atoms with Crippen molar-refractivity contribution in [2.75, 3.05) is 0 Å². The molecule has 2 unspecified atom stereocenters. The van der Waals surface area contributed by atoms with Crippen LogP contribution in [0.2, 0.25) is 0 Å². The summed E-state index contributed by atoms with van der Waals surface area (Å²) >= 11 is 0. The highest BCUT2D eigenvalue weighted by molar-refractivity contribution is 6.10. The monoisotopic (exact) mass is 292 g/mol. The third kappa shape index (κ3) is 1.32. The lowest BCUT2D eigenvalue weighted by Gasteiger charge is -2.23. The van der Waals surface area contributed by atoms with Crippen LogP contribution in [0.15, 0.2) is 42.5 Å². The molecule has 1 aliphatic carbocycles. The van der Waals surface area contributed by atoms with Crippen LogP contribution in [0.1, 0.15) is 23.1 Å². The van der Waals surface area contributed by atoms with E-state index in [4.69, 9.17) is 4.74 Å². The Morgan fingerprint density at radius 3 is 2.73 bits per heavy atom. The summed E-state index contributed by atoms with van der Waals surface area (Å²) in [6.45, 7) is 2.10. The van der Waals surface area contributed by atoms with Gasteiger partial charge in [0.1, 0.15) is 0 Å². The van der Waals surface area contributed by atoms with Crippen LogP contribution in [0.3, 0.4) is 0 Å². The predicted octanol–water partition coefficient (Wildman–Crippen LogP) is 3.11. The maximum absolute atomic E-state index is 10.6. The maximum Gasteiger partial charge on any atom is 0.251 e. The lowest BCUT2D eigenvalue weighted by Crippen LogP contribution is -2.29. The molecule has 3 aromatic rings. The van der Waals surface area contributed by atoms with Crippen molar-refractivity contribution in [1.29, 1.82) is 0 Å². The first-order valence-corrected chi connectivity index (χ1v) is 7.63. The number of aryl methyl sites for hydroxylation is 2. The van der Waals surface area contributed by atoms with Crippen LogP contribution in [-0.2, 0) is 16.9 Å². The molecule has 0 amide bonds. The van der Waals surface area contributed by atoms with Crippen molar-refractivity contribution in [3.05, 3.63) is 59.2 Å². The number of hydrogen-bond donors (Lipinski definition) is 2. The van der Waals surface area contributed by atoms with E-state index in [1.54, 1.807) is 0 Å². The molecular weight excluding hydrogens is 276 g/mol. The van der Waals surface area contributed by atoms with E-state index in [1.165, 1.54) is 27.1 Å². The molecule has 2 aliphatic rings. The van der Waals surface area contributed by atoms with Gasteiger partial charge in [-0.3, -0.25) is 0 Å². The van der Waals surface area contributed by atoms with E-state index < -0.39 is 11.6 Å². The van der Waals surface area contributed by atoms with E-state index in [0.29, 0.717) is 18.4 Å². The van der Waals surface area contributed by atoms with Gasteiger partial charge in [-0.2, -0.15) is 0 Å². The quantitative estimate of drug-likeness (QED) is 0.494. The van der Waals surface area contributed by atoms with Gasteiger partial charge >= 0.3 is 0 Å². The Labute approximate surface area is 127 Å². The van der Waals surface area contributed by atoms with Crippen molar-refractivity contribution in [3.8, 4) is 0 Å². The molecule has 2 N–H and O–H groups in total. The highest BCUT2D eigenvalue weighted by atomic mass is 16.8. The normalized spacial score (nSPS) is 29.4. The molecular formula is C19H16O3. The largest absolute Gasteiger partial charge is 0.361 e. The molecule has 1 saturated heterocycles. The van der Waals surface area contributed by atoms with E-state index in [0.717, 1.165) is 5.56 Å². The van der Waals surface area contributed by atoms with E-state index in [-0.39, 0.29) is 0 Å². The molecule has 22 heavy (non-hydrogen) atoms. The second kappa shape index (κ2) is 3.69. The molecule has 0 radical (unpaired) electrons. The molecule has 1 aliphatic heterocycles. The van der Waals surface area contributed by atoms with E-state index in [1.807, 2.05) is 24.3 Å². The van der Waals surface area contributed by atoms with Crippen LogP contribution in [0, 0.1) is 6.92 Å². The number of hydrogen-bond acceptors (Lipinski definition) is 3. The van der Waals surface area contributed by atoms with Gasteiger partial charge < -0.3 is 14.9 Å². The van der Waals surface area contributed by atoms with Gasteiger partial charge in [-0.15, -0.1) is 0 Å². The minimum atomic E-state index is -1.52. The molecule has 110 valence electrons. The molecule has 3 aromatic carbocycles. The van der Waals surface area contributed by atoms with Gasteiger partial charge in [0, 0.05) is 12.0 Å². The topological polar surface area (TPSA) is 53.0 Å². The number of fused-ring (bicyclic) bond motifs is 7. The van der Waals surface area contributed by atoms with Crippen molar-refractivity contribution < 1.29 is 14.9 Å². The molecule has 0 bridgehead atoms. The van der Waals surface area contributed by atoms with Gasteiger partial charge in [-0.05, 0) is 46.0 Å². The van der Waals surface area contributed by atoms with Crippen LogP contribution < -0.4 is 0 Å². The predicted molar refractivity (Wildman–Crippen MR) is 84.4 cm³/mol. The van der Waals surface area contributed by atoms with Crippen molar-refractivity contribution in [2.24, 2.45) is 0 Å². The van der Waals surface area contributed by atoms with Gasteiger partial charge in [0.05, 0.1) is 0 Å². The second-order valence-corrected chi connectivity index (χ2v) is 6.46. The average molecular weight is 292 g/mol. The number of rotatable bonds is 0. The van der Waals surface area contributed by atoms with E-state index in [2.05, 4.69) is 25.1 Å². The first-order chi connectivity index (χ1) is 10.5. The minimum absolute atomic E-state index is 0.432. The Hall–Kier alpha value is -1.94. The number of benzene rings is 3. The fourth-order valence-electron chi connectivity index (χ4n) is 4.07. The van der Waals surface area contributed by atoms with Crippen LogP contribution in [0.5, 0.6) is 0 Å². The molecule has 0 saturated carbocycles. The fraction of sp³-hybridized carbons (Fsp3) is 0.263. The maximum atomic E-state index is 10.6. The summed E-state index contributed by atoms with van der Waals surface area (Å²) in [6, 6.07) is 14.5. The second-order valence-electron chi connectivity index (χ2n) is 6.46. The third-order valence-electron chi connectivity index (χ3n) is 5.21. The van der Waals surface area contributed by atoms with Crippen LogP contribution in [0.4, 0.5) is 0 Å². The molecule has 1 fully saturated rings. The molecule has 2 atom stereocenters. The summed E-state index contributed by atoms with van der Waals surface area (Å²) < 4.78 is 5.27. The van der Waals surface area contributed by atoms with E-state index >= 15 is 0 Å². The zero-order valence-electron chi connectivity index (χ0n) is 12.3. The Kier molecular flexibility index (Phi) is 2.11. The molecule has 1 heterocycles. The standard InChI is InChI=1S/C19H16O3/c1-11-10-12-4-2-3-5-13(12)14-6-7-16-15(17(11)14)8-9-18(20)19(16,21)22-18/h2-7,10,20-21H,8-9H2,1H3. The zero-order valence-corrected chi connectivity index (χ0v) is 12.3. The van der Waals surface area contributed by atoms with Crippen molar-refractivity contribution >= 4 is 21.5 Å². The van der Waals surface area contributed by atoms with Gasteiger partial charge in [-0.25, -0.2) is 0 Å². The van der Waals surface area contributed by atoms with Crippen molar-refractivity contribution in [2.45, 2.75) is 31.3 Å². The number of ether oxygens (including phenoxy) is 1. The highest BCUT2D eigenvalue weighted by Gasteiger charge is 2.72. The molecule has 5 rings (SSSR count). The smallest absolute Gasteiger partial charge is 0.251 e. The molecule has 3 nitrogen and oxygen atoms in total. The SMILES string of the molecule is Cc1cc2ccccc2c2ccc3c(c12)CCC1(O)OC31O. The van der Waals surface area contributed by atoms with Crippen LogP contribution >= 0.6 is 0 Å². The number of epoxide rings is 1. The Morgan fingerprint density at radius 1 is 1.05 bits per heavy atom. The van der Waals surface area contributed by atoms with Gasteiger partial charge in [-0.1, -0.05) is 42.5 Å². The summed E-state index contributed by atoms with van der Waals surface area (Å²) in [5, 5.41) is 25.6. The van der Waals surface area contributed by atoms with Crippen LogP contribution in [-0.4, -0.2) is 16.0 Å². The third-order valence-corrected chi connectivity index (χ3v) is 5.21. The molecule has 0 spiro atoms. The van der Waals surface area contributed by atoms with Gasteiger partial charge in [0.25, 0.3) is 5.79 Å². The molecule has 3 heteroatoms. The van der Waals surface area contributed by atoms with E-state index in [9.17, 15) is 10.2 Å².